The van der Waals surface area contributed by atoms with Crippen molar-refractivity contribution < 1.29 is 17.9 Å². The molecular weight excluding hydrogens is 232 g/mol. The number of ether oxygens (including phenoxy) is 1. The van der Waals surface area contributed by atoms with Crippen LogP contribution in [-0.2, 0) is 19.7 Å². The summed E-state index contributed by atoms with van der Waals surface area (Å²) < 4.78 is 31.7. The van der Waals surface area contributed by atoms with Crippen molar-refractivity contribution >= 4 is 16.0 Å². The van der Waals surface area contributed by atoms with Crippen LogP contribution in [0.25, 0.3) is 0 Å². The molecule has 0 aliphatic rings. The molecule has 0 aromatic heterocycles. The zero-order valence-corrected chi connectivity index (χ0v) is 11.0. The maximum atomic E-state index is 11.5. The van der Waals surface area contributed by atoms with E-state index in [2.05, 4.69) is 9.44 Å². The van der Waals surface area contributed by atoms with Crippen molar-refractivity contribution in [3.05, 3.63) is 0 Å². The van der Waals surface area contributed by atoms with E-state index in [0.717, 1.165) is 0 Å². The first-order valence-corrected chi connectivity index (χ1v) is 6.44. The van der Waals surface area contributed by atoms with E-state index in [9.17, 15) is 13.2 Å². The van der Waals surface area contributed by atoms with E-state index in [-0.39, 0.29) is 25.5 Å². The van der Waals surface area contributed by atoms with Gasteiger partial charge < -0.3 is 4.74 Å². The number of methoxy groups -OCH3 is 1. The lowest BCUT2D eigenvalue weighted by molar-refractivity contribution is -0.125. The Bertz CT molecular complexity index is 319. The molecule has 0 unspecified atom stereocenters. The van der Waals surface area contributed by atoms with Crippen molar-refractivity contribution in [1.82, 2.24) is 9.44 Å². The quantitative estimate of drug-likeness (QED) is 0.608. The predicted molar refractivity (Wildman–Crippen MR) is 61.3 cm³/mol. The number of hydrogen-bond acceptors (Lipinski definition) is 4. The Labute approximate surface area is 96.9 Å². The molecule has 7 heteroatoms. The molecule has 0 saturated heterocycles. The average molecular weight is 252 g/mol. The Hall–Kier alpha value is -0.500. The van der Waals surface area contributed by atoms with Crippen LogP contribution in [0, 0.1) is 5.41 Å². The third kappa shape index (κ3) is 6.89. The highest BCUT2D eigenvalue weighted by atomic mass is 32.2. The van der Waals surface area contributed by atoms with Crippen molar-refractivity contribution in [2.75, 3.05) is 26.8 Å². The normalized spacial score (nSPS) is 12.8. The van der Waals surface area contributed by atoms with Crippen LogP contribution < -0.4 is 9.44 Å². The maximum Gasteiger partial charge on any atom is 0.277 e. The van der Waals surface area contributed by atoms with Crippen LogP contribution in [0.4, 0.5) is 0 Å². The minimum Gasteiger partial charge on any atom is -0.383 e. The van der Waals surface area contributed by atoms with Crippen molar-refractivity contribution in [2.24, 2.45) is 5.41 Å². The number of carbonyl (C=O) groups excluding carboxylic acids is 1. The van der Waals surface area contributed by atoms with E-state index in [1.807, 2.05) is 0 Å². The smallest absolute Gasteiger partial charge is 0.277 e. The van der Waals surface area contributed by atoms with Gasteiger partial charge in [-0.15, -0.1) is 0 Å². The minimum absolute atomic E-state index is 0.162. The zero-order chi connectivity index (χ0) is 12.8. The number of carbonyl (C=O) groups is 1. The number of hydrogen-bond donors (Lipinski definition) is 2. The molecule has 16 heavy (non-hydrogen) atoms. The van der Waals surface area contributed by atoms with Crippen LogP contribution in [-0.4, -0.2) is 41.0 Å². The van der Waals surface area contributed by atoms with E-state index in [1.54, 1.807) is 20.8 Å². The van der Waals surface area contributed by atoms with E-state index >= 15 is 0 Å². The van der Waals surface area contributed by atoms with Crippen LogP contribution in [0.3, 0.4) is 0 Å². The molecule has 2 N–H and O–H groups in total. The van der Waals surface area contributed by atoms with Gasteiger partial charge in [0, 0.05) is 19.1 Å². The second-order valence-corrected chi connectivity index (χ2v) is 5.97. The summed E-state index contributed by atoms with van der Waals surface area (Å²) in [5.41, 5.74) is -0.547. The summed E-state index contributed by atoms with van der Waals surface area (Å²) in [6.45, 7) is 5.47. The molecule has 0 fully saturated rings. The van der Waals surface area contributed by atoms with Gasteiger partial charge in [-0.25, -0.2) is 0 Å². The van der Waals surface area contributed by atoms with Gasteiger partial charge in [0.1, 0.15) is 0 Å². The summed E-state index contributed by atoms with van der Waals surface area (Å²) in [6.07, 6.45) is 0. The Morgan fingerprint density at radius 1 is 1.25 bits per heavy atom. The highest BCUT2D eigenvalue weighted by Crippen LogP contribution is 2.13. The molecule has 6 nitrogen and oxygen atoms in total. The largest absolute Gasteiger partial charge is 0.383 e. The SMILES string of the molecule is COCCNS(=O)(=O)NCC(=O)C(C)(C)C. The summed E-state index contributed by atoms with van der Waals surface area (Å²) in [4.78, 5) is 11.5. The van der Waals surface area contributed by atoms with Crippen molar-refractivity contribution in [3.63, 3.8) is 0 Å². The molecule has 0 saturated carbocycles. The standard InChI is InChI=1S/C9H20N2O4S/c1-9(2,3)8(12)7-11-16(13,14)10-5-6-15-4/h10-11H,5-7H2,1-4H3. The Kier molecular flexibility index (Phi) is 6.09. The van der Waals surface area contributed by atoms with Gasteiger partial charge in [0.05, 0.1) is 13.2 Å². The van der Waals surface area contributed by atoms with Gasteiger partial charge in [-0.2, -0.15) is 17.9 Å². The van der Waals surface area contributed by atoms with Gasteiger partial charge in [-0.1, -0.05) is 20.8 Å². The highest BCUT2D eigenvalue weighted by Gasteiger charge is 2.22. The molecule has 96 valence electrons. The second-order valence-electron chi connectivity index (χ2n) is 4.38. The summed E-state index contributed by atoms with van der Waals surface area (Å²) in [5.74, 6) is -0.162. The molecule has 0 spiro atoms. The molecule has 0 bridgehead atoms. The Morgan fingerprint density at radius 3 is 2.25 bits per heavy atom. The molecule has 0 radical (unpaired) electrons. The molecular formula is C9H20N2O4S. The van der Waals surface area contributed by atoms with Gasteiger partial charge in [0.2, 0.25) is 0 Å². The van der Waals surface area contributed by atoms with Crippen LogP contribution in [0.15, 0.2) is 0 Å². The fraction of sp³-hybridized carbons (Fsp3) is 0.889. The van der Waals surface area contributed by atoms with Gasteiger partial charge in [0.15, 0.2) is 5.78 Å². The third-order valence-electron chi connectivity index (χ3n) is 1.86. The van der Waals surface area contributed by atoms with Gasteiger partial charge in [0.25, 0.3) is 10.2 Å². The first-order chi connectivity index (χ1) is 7.19. The molecule has 0 rings (SSSR count). The van der Waals surface area contributed by atoms with E-state index in [1.165, 1.54) is 7.11 Å². The zero-order valence-electron chi connectivity index (χ0n) is 10.2. The van der Waals surface area contributed by atoms with Crippen LogP contribution >= 0.6 is 0 Å². The molecule has 0 amide bonds. The molecule has 0 heterocycles. The first kappa shape index (κ1) is 15.5. The van der Waals surface area contributed by atoms with Gasteiger partial charge >= 0.3 is 0 Å². The lowest BCUT2D eigenvalue weighted by Gasteiger charge is -2.16. The molecule has 0 aliphatic carbocycles. The number of rotatable bonds is 7. The van der Waals surface area contributed by atoms with Gasteiger partial charge in [-0.3, -0.25) is 4.79 Å². The Morgan fingerprint density at radius 2 is 1.81 bits per heavy atom. The highest BCUT2D eigenvalue weighted by molar-refractivity contribution is 7.87. The van der Waals surface area contributed by atoms with Gasteiger partial charge in [-0.05, 0) is 0 Å². The first-order valence-electron chi connectivity index (χ1n) is 4.95. The third-order valence-corrected chi connectivity index (χ3v) is 2.97. The summed E-state index contributed by atoms with van der Waals surface area (Å²) in [6, 6.07) is 0. The topological polar surface area (TPSA) is 84.5 Å². The summed E-state index contributed by atoms with van der Waals surface area (Å²) in [5, 5.41) is 0. The minimum atomic E-state index is -3.61. The Balaban J connectivity index is 4.05. The molecule has 0 atom stereocenters. The van der Waals surface area contributed by atoms with Crippen molar-refractivity contribution in [1.29, 1.82) is 0 Å². The fourth-order valence-corrected chi connectivity index (χ4v) is 1.53. The molecule has 0 aromatic carbocycles. The van der Waals surface area contributed by atoms with E-state index in [0.29, 0.717) is 0 Å². The summed E-state index contributed by atoms with van der Waals surface area (Å²) in [7, 11) is -2.13. The molecule has 0 aliphatic heterocycles. The van der Waals surface area contributed by atoms with Crippen LogP contribution in [0.5, 0.6) is 0 Å². The monoisotopic (exact) mass is 252 g/mol. The second kappa shape index (κ2) is 6.29. The van der Waals surface area contributed by atoms with Crippen molar-refractivity contribution in [3.8, 4) is 0 Å². The van der Waals surface area contributed by atoms with E-state index in [4.69, 9.17) is 4.74 Å². The molecule has 0 aromatic rings. The number of nitrogens with one attached hydrogen (secondary N) is 2. The average Bonchev–Trinajstić information content (AvgIpc) is 2.13. The lowest BCUT2D eigenvalue weighted by atomic mass is 9.91. The lowest BCUT2D eigenvalue weighted by Crippen LogP contribution is -2.42. The van der Waals surface area contributed by atoms with Crippen LogP contribution in [0.2, 0.25) is 0 Å². The maximum absolute atomic E-state index is 11.5. The van der Waals surface area contributed by atoms with Crippen molar-refractivity contribution in [2.45, 2.75) is 20.8 Å². The summed E-state index contributed by atoms with van der Waals surface area (Å²) >= 11 is 0. The van der Waals surface area contributed by atoms with E-state index < -0.39 is 15.6 Å². The number of ketones is 1. The number of Topliss-reactive ketones (excluding diaryl/α,β-unsaturated/α-hetero) is 1. The predicted octanol–water partition coefficient (Wildman–Crippen LogP) is -0.328. The fourth-order valence-electron chi connectivity index (χ4n) is 0.755. The van der Waals surface area contributed by atoms with Crippen LogP contribution in [0.1, 0.15) is 20.8 Å².